The fraction of sp³-hybridized carbons (Fsp3) is 0.625. The molecular weight excluding hydrogens is 221 g/mol. The number of aliphatic carboxylic acids is 1. The van der Waals surface area contributed by atoms with Gasteiger partial charge in [-0.1, -0.05) is 0 Å². The molecule has 3 nitrogen and oxygen atoms in total. The van der Waals surface area contributed by atoms with Gasteiger partial charge in [0.1, 0.15) is 0 Å². The second-order valence-corrected chi connectivity index (χ2v) is 4.87. The van der Waals surface area contributed by atoms with Crippen molar-refractivity contribution < 1.29 is 9.90 Å². The Kier molecular flexibility index (Phi) is 6.88. The molecule has 0 aliphatic carbocycles. The summed E-state index contributed by atoms with van der Waals surface area (Å²) in [6, 6.07) is -0.697. The van der Waals surface area contributed by atoms with Crippen LogP contribution in [-0.2, 0) is 4.79 Å². The SMILES string of the molecule is C#CCC[Se]CCC(N)C(=O)O. The third-order valence-electron chi connectivity index (χ3n) is 1.28. The second-order valence-electron chi connectivity index (χ2n) is 2.30. The third kappa shape index (κ3) is 6.23. The van der Waals surface area contributed by atoms with Crippen LogP contribution in [0.2, 0.25) is 10.6 Å². The summed E-state index contributed by atoms with van der Waals surface area (Å²) in [4.78, 5) is 10.3. The van der Waals surface area contributed by atoms with E-state index < -0.39 is 12.0 Å². The molecule has 0 rings (SSSR count). The van der Waals surface area contributed by atoms with Crippen LogP contribution in [0.5, 0.6) is 0 Å². The van der Waals surface area contributed by atoms with Gasteiger partial charge in [-0.15, -0.1) is 0 Å². The Bertz CT molecular complexity index is 176. The molecule has 0 fully saturated rings. The number of terminal acetylenes is 1. The molecule has 0 radical (unpaired) electrons. The Hall–Kier alpha value is -0.491. The summed E-state index contributed by atoms with van der Waals surface area (Å²) < 4.78 is 0. The standard InChI is InChI=1S/C8H13NO2Se/c1-2-3-5-12-6-4-7(9)8(10)11/h1,7H,3-6,9H2,(H,10,11). The number of nitrogens with two attached hydrogens (primary N) is 1. The zero-order valence-corrected chi connectivity index (χ0v) is 8.54. The average molecular weight is 234 g/mol. The van der Waals surface area contributed by atoms with Crippen molar-refractivity contribution in [2.45, 2.75) is 29.5 Å². The fourth-order valence-electron chi connectivity index (χ4n) is 0.567. The monoisotopic (exact) mass is 235 g/mol. The molecule has 0 aromatic heterocycles. The van der Waals surface area contributed by atoms with Crippen LogP contribution in [0.25, 0.3) is 0 Å². The first kappa shape index (κ1) is 11.5. The van der Waals surface area contributed by atoms with Crippen molar-refractivity contribution in [2.24, 2.45) is 5.73 Å². The van der Waals surface area contributed by atoms with Crippen molar-refractivity contribution >= 4 is 20.9 Å². The number of rotatable bonds is 6. The molecule has 0 aromatic carbocycles. The van der Waals surface area contributed by atoms with Gasteiger partial charge >= 0.3 is 78.4 Å². The molecule has 12 heavy (non-hydrogen) atoms. The number of carbonyl (C=O) groups is 1. The van der Waals surface area contributed by atoms with Crippen LogP contribution in [0.1, 0.15) is 12.8 Å². The minimum atomic E-state index is -0.914. The van der Waals surface area contributed by atoms with E-state index >= 15 is 0 Å². The van der Waals surface area contributed by atoms with Crippen LogP contribution < -0.4 is 5.73 Å². The molecular formula is C8H13NO2Se. The molecule has 1 unspecified atom stereocenters. The average Bonchev–Trinajstić information content (AvgIpc) is 2.03. The molecule has 0 bridgehead atoms. The van der Waals surface area contributed by atoms with Gasteiger partial charge in [0, 0.05) is 0 Å². The van der Waals surface area contributed by atoms with Gasteiger partial charge in [0.25, 0.3) is 0 Å². The Morgan fingerprint density at radius 2 is 2.33 bits per heavy atom. The summed E-state index contributed by atoms with van der Waals surface area (Å²) in [7, 11) is 0. The van der Waals surface area contributed by atoms with Crippen molar-refractivity contribution in [1.29, 1.82) is 0 Å². The van der Waals surface area contributed by atoms with Crippen LogP contribution in [-0.4, -0.2) is 32.1 Å². The number of carboxylic acid groups (broad SMARTS) is 1. The first-order valence-corrected chi connectivity index (χ1v) is 6.10. The first-order valence-electron chi connectivity index (χ1n) is 3.68. The van der Waals surface area contributed by atoms with Crippen LogP contribution >= 0.6 is 0 Å². The zero-order valence-electron chi connectivity index (χ0n) is 6.82. The maximum absolute atomic E-state index is 10.3. The van der Waals surface area contributed by atoms with E-state index in [4.69, 9.17) is 17.3 Å². The van der Waals surface area contributed by atoms with Crippen molar-refractivity contribution in [2.75, 3.05) is 0 Å². The van der Waals surface area contributed by atoms with Gasteiger partial charge in [-0.25, -0.2) is 0 Å². The molecule has 68 valence electrons. The normalized spacial score (nSPS) is 12.0. The second kappa shape index (κ2) is 7.17. The van der Waals surface area contributed by atoms with E-state index in [9.17, 15) is 4.79 Å². The maximum atomic E-state index is 10.3. The summed E-state index contributed by atoms with van der Waals surface area (Å²) in [6.45, 7) is 0. The van der Waals surface area contributed by atoms with Gasteiger partial charge in [0.2, 0.25) is 0 Å². The van der Waals surface area contributed by atoms with E-state index in [1.54, 1.807) is 0 Å². The molecule has 0 aromatic rings. The van der Waals surface area contributed by atoms with Gasteiger partial charge < -0.3 is 0 Å². The number of hydrogen-bond acceptors (Lipinski definition) is 2. The molecule has 0 spiro atoms. The Balaban J connectivity index is 3.21. The van der Waals surface area contributed by atoms with Gasteiger partial charge in [0.05, 0.1) is 0 Å². The summed E-state index contributed by atoms with van der Waals surface area (Å²) in [5, 5.41) is 10.4. The van der Waals surface area contributed by atoms with Gasteiger partial charge in [-0.3, -0.25) is 0 Å². The molecule has 3 N–H and O–H groups in total. The predicted octanol–water partition coefficient (Wildman–Crippen LogP) is 0.353. The van der Waals surface area contributed by atoms with Crippen LogP contribution in [0.4, 0.5) is 0 Å². The minimum absolute atomic E-state index is 0.458. The summed E-state index contributed by atoms with van der Waals surface area (Å²) in [5.41, 5.74) is 5.30. The molecule has 0 amide bonds. The Labute approximate surface area is 78.9 Å². The third-order valence-corrected chi connectivity index (χ3v) is 3.42. The Morgan fingerprint density at radius 1 is 1.67 bits per heavy atom. The van der Waals surface area contributed by atoms with Crippen LogP contribution in [0, 0.1) is 12.3 Å². The van der Waals surface area contributed by atoms with Gasteiger partial charge in [-0.2, -0.15) is 0 Å². The number of hydrogen-bond donors (Lipinski definition) is 2. The molecule has 1 atom stereocenters. The van der Waals surface area contributed by atoms with Crippen LogP contribution in [0.15, 0.2) is 0 Å². The first-order chi connectivity index (χ1) is 5.68. The van der Waals surface area contributed by atoms with Crippen molar-refractivity contribution in [1.82, 2.24) is 0 Å². The molecule has 0 saturated carbocycles. The van der Waals surface area contributed by atoms with Crippen molar-refractivity contribution in [3.05, 3.63) is 0 Å². The van der Waals surface area contributed by atoms with E-state index in [0.29, 0.717) is 21.4 Å². The van der Waals surface area contributed by atoms with E-state index in [2.05, 4.69) is 5.92 Å². The van der Waals surface area contributed by atoms with Crippen molar-refractivity contribution in [3.63, 3.8) is 0 Å². The van der Waals surface area contributed by atoms with Crippen LogP contribution in [0.3, 0.4) is 0 Å². The van der Waals surface area contributed by atoms with E-state index in [-0.39, 0.29) is 0 Å². The zero-order chi connectivity index (χ0) is 9.40. The molecule has 0 heterocycles. The summed E-state index contributed by atoms with van der Waals surface area (Å²) in [6.07, 6.45) is 6.42. The quantitative estimate of drug-likeness (QED) is 0.396. The molecule has 0 aliphatic rings. The topological polar surface area (TPSA) is 63.3 Å². The molecule has 0 aliphatic heterocycles. The summed E-state index contributed by atoms with van der Waals surface area (Å²) >= 11 is 0.458. The van der Waals surface area contributed by atoms with Crippen molar-refractivity contribution in [3.8, 4) is 12.3 Å². The van der Waals surface area contributed by atoms with E-state index in [1.165, 1.54) is 0 Å². The Morgan fingerprint density at radius 3 is 2.83 bits per heavy atom. The summed E-state index contributed by atoms with van der Waals surface area (Å²) in [5.74, 6) is 1.63. The predicted molar refractivity (Wildman–Crippen MR) is 49.0 cm³/mol. The number of carboxylic acids is 1. The molecule has 0 saturated heterocycles. The molecule has 4 heteroatoms. The van der Waals surface area contributed by atoms with E-state index in [1.807, 2.05) is 0 Å². The van der Waals surface area contributed by atoms with Gasteiger partial charge in [0.15, 0.2) is 0 Å². The van der Waals surface area contributed by atoms with E-state index in [0.717, 1.165) is 17.1 Å². The fourth-order valence-corrected chi connectivity index (χ4v) is 2.43. The van der Waals surface area contributed by atoms with Gasteiger partial charge in [-0.05, 0) is 0 Å².